The van der Waals surface area contributed by atoms with Gasteiger partial charge in [0.05, 0.1) is 5.69 Å². The first-order valence-corrected chi connectivity index (χ1v) is 7.30. The minimum Gasteiger partial charge on any atom is -0.269 e. The van der Waals surface area contributed by atoms with Crippen LogP contribution in [0.2, 0.25) is 0 Å². The summed E-state index contributed by atoms with van der Waals surface area (Å²) >= 11 is 3.24. The van der Waals surface area contributed by atoms with Crippen molar-refractivity contribution >= 4 is 28.1 Å². The molecule has 90 valence electrons. The van der Waals surface area contributed by atoms with Gasteiger partial charge in [0, 0.05) is 28.6 Å². The summed E-state index contributed by atoms with van der Waals surface area (Å²) in [7, 11) is 0. The van der Waals surface area contributed by atoms with E-state index >= 15 is 0 Å². The number of aromatic nitrogens is 2. The zero-order valence-electron chi connectivity index (χ0n) is 9.90. The number of nitrogens with zero attached hydrogens (tertiary/aromatic N) is 2. The van der Waals surface area contributed by atoms with Crippen LogP contribution in [-0.4, -0.2) is 15.1 Å². The summed E-state index contributed by atoms with van der Waals surface area (Å²) in [6.45, 7) is 7.77. The molecule has 2 heterocycles. The average molecular weight is 266 g/mol. The predicted molar refractivity (Wildman–Crippen MR) is 75.1 cm³/mol. The molecule has 2 rings (SSSR count). The topological polar surface area (TPSA) is 34.4 Å². The van der Waals surface area contributed by atoms with Crippen molar-refractivity contribution in [3.05, 3.63) is 45.3 Å². The van der Waals surface area contributed by atoms with Crippen LogP contribution in [0.3, 0.4) is 0 Å². The Labute approximate surface area is 108 Å². The molecular weight excluding hydrogens is 252 g/mol. The highest BCUT2D eigenvalue weighted by atomic mass is 32.2. The Morgan fingerprint density at radius 3 is 3.12 bits per heavy atom. The van der Waals surface area contributed by atoms with Gasteiger partial charge in [0.1, 0.15) is 0 Å². The number of hydrogen-bond acceptors (Lipinski definition) is 4. The summed E-state index contributed by atoms with van der Waals surface area (Å²) in [6.07, 6.45) is 0. The van der Waals surface area contributed by atoms with Gasteiger partial charge < -0.3 is 0 Å². The van der Waals surface area contributed by atoms with Gasteiger partial charge >= 0.3 is 0 Å². The molecule has 17 heavy (non-hydrogen) atoms. The molecular formula is C12H14N2OS2. The van der Waals surface area contributed by atoms with Gasteiger partial charge in [0.15, 0.2) is 4.96 Å². The Balaban J connectivity index is 2.25. The van der Waals surface area contributed by atoms with Crippen molar-refractivity contribution in [3.63, 3.8) is 0 Å². The molecule has 0 amide bonds. The Kier molecular flexibility index (Phi) is 3.69. The first-order valence-electron chi connectivity index (χ1n) is 5.27. The Bertz CT molecular complexity index is 612. The number of thioether (sulfide) groups is 1. The molecule has 0 radical (unpaired) electrons. The zero-order valence-corrected chi connectivity index (χ0v) is 11.5. The molecule has 0 fully saturated rings. The summed E-state index contributed by atoms with van der Waals surface area (Å²) in [6, 6.07) is 1.62. The first-order chi connectivity index (χ1) is 8.08. The third-order valence-corrected chi connectivity index (χ3v) is 4.37. The van der Waals surface area contributed by atoms with Crippen molar-refractivity contribution in [3.8, 4) is 0 Å². The number of aryl methyl sites for hydroxylation is 1. The van der Waals surface area contributed by atoms with Gasteiger partial charge in [-0.3, -0.25) is 9.20 Å². The molecule has 0 aromatic carbocycles. The lowest BCUT2D eigenvalue weighted by Crippen LogP contribution is -2.14. The average Bonchev–Trinajstić information content (AvgIpc) is 2.60. The molecule has 0 N–H and O–H groups in total. The fourth-order valence-electron chi connectivity index (χ4n) is 1.50. The molecule has 5 heteroatoms. The largest absolute Gasteiger partial charge is 0.269 e. The lowest BCUT2D eigenvalue weighted by molar-refractivity contribution is 0.997. The predicted octanol–water partition coefficient (Wildman–Crippen LogP) is 2.87. The van der Waals surface area contributed by atoms with Crippen molar-refractivity contribution in [1.29, 1.82) is 0 Å². The SMILES string of the molecule is C=C(C)CSCc1cc(=O)n2c(C)csc2n1. The van der Waals surface area contributed by atoms with E-state index < -0.39 is 0 Å². The molecule has 3 nitrogen and oxygen atoms in total. The molecule has 2 aromatic heterocycles. The van der Waals surface area contributed by atoms with E-state index in [-0.39, 0.29) is 5.56 Å². The van der Waals surface area contributed by atoms with Crippen LogP contribution >= 0.6 is 23.1 Å². The molecule has 0 aliphatic carbocycles. The number of hydrogen-bond donors (Lipinski definition) is 0. The van der Waals surface area contributed by atoms with Gasteiger partial charge in [0.25, 0.3) is 5.56 Å². The second-order valence-corrected chi connectivity index (χ2v) is 5.85. The van der Waals surface area contributed by atoms with Gasteiger partial charge in [-0.1, -0.05) is 12.2 Å². The van der Waals surface area contributed by atoms with Crippen LogP contribution in [0.4, 0.5) is 0 Å². The van der Waals surface area contributed by atoms with Crippen LogP contribution in [0, 0.1) is 6.92 Å². The second-order valence-electron chi connectivity index (χ2n) is 4.03. The van der Waals surface area contributed by atoms with Crippen molar-refractivity contribution in [2.75, 3.05) is 5.75 Å². The maximum absolute atomic E-state index is 11.9. The fraction of sp³-hybridized carbons (Fsp3) is 0.333. The van der Waals surface area contributed by atoms with Crippen molar-refractivity contribution in [2.24, 2.45) is 0 Å². The third kappa shape index (κ3) is 2.79. The second kappa shape index (κ2) is 5.06. The number of rotatable bonds is 4. The van der Waals surface area contributed by atoms with E-state index in [1.807, 2.05) is 19.2 Å². The van der Waals surface area contributed by atoms with Crippen LogP contribution in [-0.2, 0) is 5.75 Å². The molecule has 0 aliphatic heterocycles. The summed E-state index contributed by atoms with van der Waals surface area (Å²) < 4.78 is 1.65. The van der Waals surface area contributed by atoms with Gasteiger partial charge in [-0.05, 0) is 13.8 Å². The minimum absolute atomic E-state index is 0.0136. The normalized spacial score (nSPS) is 10.9. The molecule has 0 saturated heterocycles. The van der Waals surface area contributed by atoms with Crippen molar-refractivity contribution < 1.29 is 0 Å². The minimum atomic E-state index is 0.0136. The third-order valence-electron chi connectivity index (χ3n) is 2.23. The molecule has 0 spiro atoms. The monoisotopic (exact) mass is 266 g/mol. The highest BCUT2D eigenvalue weighted by Gasteiger charge is 2.06. The van der Waals surface area contributed by atoms with E-state index in [1.54, 1.807) is 22.2 Å². The van der Waals surface area contributed by atoms with Crippen LogP contribution in [0.5, 0.6) is 0 Å². The number of thiazole rings is 1. The van der Waals surface area contributed by atoms with Crippen LogP contribution in [0.25, 0.3) is 4.96 Å². The van der Waals surface area contributed by atoms with E-state index in [0.717, 1.165) is 33.4 Å². The Morgan fingerprint density at radius 1 is 1.65 bits per heavy atom. The summed E-state index contributed by atoms with van der Waals surface area (Å²) in [4.78, 5) is 17.1. The van der Waals surface area contributed by atoms with Crippen molar-refractivity contribution in [1.82, 2.24) is 9.38 Å². The maximum atomic E-state index is 11.9. The molecule has 0 saturated carbocycles. The van der Waals surface area contributed by atoms with Gasteiger partial charge in [-0.2, -0.15) is 11.8 Å². The highest BCUT2D eigenvalue weighted by molar-refractivity contribution is 7.98. The molecule has 0 bridgehead atoms. The molecule has 2 aromatic rings. The fourth-order valence-corrected chi connectivity index (χ4v) is 3.20. The van der Waals surface area contributed by atoms with Gasteiger partial charge in [-0.25, -0.2) is 4.98 Å². The van der Waals surface area contributed by atoms with E-state index in [4.69, 9.17) is 0 Å². The zero-order chi connectivity index (χ0) is 12.4. The van der Waals surface area contributed by atoms with E-state index in [9.17, 15) is 4.79 Å². The Morgan fingerprint density at radius 2 is 2.41 bits per heavy atom. The quantitative estimate of drug-likeness (QED) is 0.798. The van der Waals surface area contributed by atoms with E-state index in [1.165, 1.54) is 11.3 Å². The molecule has 0 atom stereocenters. The lowest BCUT2D eigenvalue weighted by atomic mass is 10.4. The van der Waals surface area contributed by atoms with Crippen LogP contribution in [0.15, 0.2) is 28.4 Å². The van der Waals surface area contributed by atoms with Crippen molar-refractivity contribution in [2.45, 2.75) is 19.6 Å². The highest BCUT2D eigenvalue weighted by Crippen LogP contribution is 2.15. The standard InChI is InChI=1S/C12H14N2OS2/c1-8(2)5-16-7-10-4-11(15)14-9(3)6-17-12(14)13-10/h4,6H,1,5,7H2,2-3H3. The lowest BCUT2D eigenvalue weighted by Gasteiger charge is -2.01. The first kappa shape index (κ1) is 12.4. The Hall–Kier alpha value is -1.07. The molecule has 0 unspecified atom stereocenters. The van der Waals surface area contributed by atoms with E-state index in [0.29, 0.717) is 0 Å². The smallest absolute Gasteiger partial charge is 0.258 e. The molecule has 0 aliphatic rings. The summed E-state index contributed by atoms with van der Waals surface area (Å²) in [5.41, 5.74) is 2.95. The van der Waals surface area contributed by atoms with E-state index in [2.05, 4.69) is 11.6 Å². The van der Waals surface area contributed by atoms with Crippen LogP contribution in [0.1, 0.15) is 18.3 Å². The summed E-state index contributed by atoms with van der Waals surface area (Å²) in [5, 5.41) is 1.95. The van der Waals surface area contributed by atoms with Gasteiger partial charge in [0.2, 0.25) is 0 Å². The maximum Gasteiger partial charge on any atom is 0.258 e. The van der Waals surface area contributed by atoms with Gasteiger partial charge in [-0.15, -0.1) is 11.3 Å². The summed E-state index contributed by atoms with van der Waals surface area (Å²) in [5.74, 6) is 1.67. The number of fused-ring (bicyclic) bond motifs is 1. The van der Waals surface area contributed by atoms with Crippen LogP contribution < -0.4 is 5.56 Å².